The number of hydroxylamine groups is 1. The molecule has 1 aliphatic rings. The highest BCUT2D eigenvalue weighted by molar-refractivity contribution is 5.90. The van der Waals surface area contributed by atoms with Crippen molar-refractivity contribution in [1.82, 2.24) is 20.3 Å². The van der Waals surface area contributed by atoms with Crippen LogP contribution in [-0.4, -0.2) is 51.7 Å². The molecule has 1 fully saturated rings. The smallest absolute Gasteiger partial charge is 0.267 e. The number of benzene rings is 1. The Morgan fingerprint density at radius 3 is 2.86 bits per heavy atom. The van der Waals surface area contributed by atoms with Gasteiger partial charge in [0.15, 0.2) is 11.6 Å². The number of halogens is 2. The molecule has 0 saturated carbocycles. The molecule has 1 aromatic heterocycles. The second-order valence-electron chi connectivity index (χ2n) is 6.56. The SMILES string of the molecule is O=C(C=Cc1cnc(N[C@@H]2CCN(CCc3ccc(F)c(F)c3)C2)cn1)NO. The normalized spacial score (nSPS) is 17.2. The molecule has 0 unspecified atom stereocenters. The maximum Gasteiger partial charge on any atom is 0.267 e. The van der Waals surface area contributed by atoms with E-state index in [0.717, 1.165) is 43.8 Å². The van der Waals surface area contributed by atoms with E-state index in [0.29, 0.717) is 17.9 Å². The van der Waals surface area contributed by atoms with Gasteiger partial charge in [-0.25, -0.2) is 19.2 Å². The Labute approximate surface area is 161 Å². The van der Waals surface area contributed by atoms with Gasteiger partial charge in [-0.3, -0.25) is 15.0 Å². The lowest BCUT2D eigenvalue weighted by Gasteiger charge is -2.17. The zero-order chi connectivity index (χ0) is 19.9. The molecule has 1 aromatic carbocycles. The van der Waals surface area contributed by atoms with Crippen molar-refractivity contribution in [2.45, 2.75) is 18.9 Å². The fourth-order valence-corrected chi connectivity index (χ4v) is 3.04. The number of likely N-dealkylation sites (tertiary alicyclic amines) is 1. The van der Waals surface area contributed by atoms with Gasteiger partial charge in [0.25, 0.3) is 5.91 Å². The van der Waals surface area contributed by atoms with E-state index in [2.05, 4.69) is 20.2 Å². The van der Waals surface area contributed by atoms with Crippen molar-refractivity contribution < 1.29 is 18.8 Å². The van der Waals surface area contributed by atoms with E-state index in [4.69, 9.17) is 5.21 Å². The summed E-state index contributed by atoms with van der Waals surface area (Å²) in [6.45, 7) is 2.50. The lowest BCUT2D eigenvalue weighted by atomic mass is 10.1. The van der Waals surface area contributed by atoms with Crippen LogP contribution in [0.15, 0.2) is 36.7 Å². The van der Waals surface area contributed by atoms with Gasteiger partial charge in [0.05, 0.1) is 18.1 Å². The number of carbonyl (C=O) groups is 1. The van der Waals surface area contributed by atoms with Gasteiger partial charge in [0.1, 0.15) is 5.82 Å². The Hall–Kier alpha value is -2.91. The minimum Gasteiger partial charge on any atom is -0.365 e. The lowest BCUT2D eigenvalue weighted by Crippen LogP contribution is -2.28. The lowest BCUT2D eigenvalue weighted by molar-refractivity contribution is -0.124. The van der Waals surface area contributed by atoms with Crippen LogP contribution in [0.5, 0.6) is 0 Å². The highest BCUT2D eigenvalue weighted by Crippen LogP contribution is 2.16. The number of hydrogen-bond donors (Lipinski definition) is 3. The topological polar surface area (TPSA) is 90.4 Å². The molecular weight excluding hydrogens is 368 g/mol. The largest absolute Gasteiger partial charge is 0.365 e. The van der Waals surface area contributed by atoms with Crippen LogP contribution in [0.25, 0.3) is 6.08 Å². The van der Waals surface area contributed by atoms with Gasteiger partial charge in [-0.05, 0) is 36.6 Å². The molecule has 2 heterocycles. The highest BCUT2D eigenvalue weighted by Gasteiger charge is 2.22. The van der Waals surface area contributed by atoms with Gasteiger partial charge >= 0.3 is 0 Å². The van der Waals surface area contributed by atoms with Gasteiger partial charge in [-0.15, -0.1) is 0 Å². The molecule has 1 aliphatic heterocycles. The third-order valence-electron chi connectivity index (χ3n) is 4.51. The summed E-state index contributed by atoms with van der Waals surface area (Å²) < 4.78 is 26.3. The van der Waals surface area contributed by atoms with E-state index in [9.17, 15) is 13.6 Å². The minimum atomic E-state index is -0.825. The van der Waals surface area contributed by atoms with Crippen molar-refractivity contribution in [2.24, 2.45) is 0 Å². The zero-order valence-electron chi connectivity index (χ0n) is 15.1. The summed E-state index contributed by atoms with van der Waals surface area (Å²) in [5, 5.41) is 11.8. The molecule has 28 heavy (non-hydrogen) atoms. The van der Waals surface area contributed by atoms with E-state index in [1.165, 1.54) is 23.8 Å². The maximum absolute atomic E-state index is 13.3. The molecule has 3 N–H and O–H groups in total. The first-order valence-electron chi connectivity index (χ1n) is 8.90. The van der Waals surface area contributed by atoms with Crippen LogP contribution in [0.1, 0.15) is 17.7 Å². The summed E-state index contributed by atoms with van der Waals surface area (Å²) in [5.74, 6) is -1.64. The molecule has 1 amide bonds. The number of hydrogen-bond acceptors (Lipinski definition) is 6. The van der Waals surface area contributed by atoms with Crippen LogP contribution in [0.2, 0.25) is 0 Å². The standard InChI is InChI=1S/C19H21F2N5O2/c20-16-3-1-13(9-17(16)21)5-7-26-8-6-15(12-26)24-18-11-22-14(10-23-18)2-4-19(27)25-28/h1-4,9-11,15,28H,5-8,12H2,(H,23,24)(H,25,27)/t15-/m1/s1. The van der Waals surface area contributed by atoms with Gasteiger partial charge < -0.3 is 10.2 Å². The quantitative estimate of drug-likeness (QED) is 0.381. The second kappa shape index (κ2) is 9.34. The third-order valence-corrected chi connectivity index (χ3v) is 4.51. The van der Waals surface area contributed by atoms with Crippen molar-refractivity contribution in [3.05, 3.63) is 59.6 Å². The fourth-order valence-electron chi connectivity index (χ4n) is 3.04. The van der Waals surface area contributed by atoms with Crippen molar-refractivity contribution >= 4 is 17.8 Å². The average molecular weight is 389 g/mol. The molecule has 7 nitrogen and oxygen atoms in total. The number of rotatable bonds is 7. The zero-order valence-corrected chi connectivity index (χ0v) is 15.1. The van der Waals surface area contributed by atoms with Crippen LogP contribution in [-0.2, 0) is 11.2 Å². The molecule has 1 saturated heterocycles. The molecule has 0 radical (unpaired) electrons. The summed E-state index contributed by atoms with van der Waals surface area (Å²) in [4.78, 5) is 21.7. The Bertz CT molecular complexity index is 845. The molecule has 9 heteroatoms. The number of aromatic nitrogens is 2. The van der Waals surface area contributed by atoms with Gasteiger partial charge in [-0.1, -0.05) is 6.07 Å². The summed E-state index contributed by atoms with van der Waals surface area (Å²) in [6.07, 6.45) is 7.31. The molecule has 0 spiro atoms. The van der Waals surface area contributed by atoms with Crippen LogP contribution in [0.3, 0.4) is 0 Å². The fraction of sp³-hybridized carbons (Fsp3) is 0.316. The Morgan fingerprint density at radius 1 is 1.29 bits per heavy atom. The van der Waals surface area contributed by atoms with Crippen LogP contribution < -0.4 is 10.8 Å². The molecule has 148 valence electrons. The summed E-state index contributed by atoms with van der Waals surface area (Å²) in [5.41, 5.74) is 2.77. The molecule has 3 rings (SSSR count). The van der Waals surface area contributed by atoms with Gasteiger partial charge in [0, 0.05) is 31.8 Å². The van der Waals surface area contributed by atoms with E-state index < -0.39 is 17.5 Å². The number of carbonyl (C=O) groups excluding carboxylic acids is 1. The summed E-state index contributed by atoms with van der Waals surface area (Å²) in [6, 6.07) is 4.24. The van der Waals surface area contributed by atoms with E-state index in [1.54, 1.807) is 12.3 Å². The molecular formula is C19H21F2N5O2. The molecule has 2 aromatic rings. The number of amides is 1. The van der Waals surface area contributed by atoms with Crippen molar-refractivity contribution in [3.63, 3.8) is 0 Å². The van der Waals surface area contributed by atoms with E-state index >= 15 is 0 Å². The Balaban J connectivity index is 1.45. The average Bonchev–Trinajstić information content (AvgIpc) is 3.15. The number of nitrogens with zero attached hydrogens (tertiary/aromatic N) is 3. The number of anilines is 1. The third kappa shape index (κ3) is 5.54. The summed E-state index contributed by atoms with van der Waals surface area (Å²) in [7, 11) is 0. The first-order chi connectivity index (χ1) is 13.5. The Kier molecular flexibility index (Phi) is 6.62. The summed E-state index contributed by atoms with van der Waals surface area (Å²) >= 11 is 0. The van der Waals surface area contributed by atoms with Crippen LogP contribution >= 0.6 is 0 Å². The van der Waals surface area contributed by atoms with Crippen LogP contribution in [0, 0.1) is 11.6 Å². The van der Waals surface area contributed by atoms with Gasteiger partial charge in [-0.2, -0.15) is 0 Å². The predicted molar refractivity (Wildman–Crippen MR) is 99.5 cm³/mol. The van der Waals surface area contributed by atoms with Crippen molar-refractivity contribution in [1.29, 1.82) is 0 Å². The monoisotopic (exact) mass is 389 g/mol. The Morgan fingerprint density at radius 2 is 2.14 bits per heavy atom. The maximum atomic E-state index is 13.3. The molecule has 0 aliphatic carbocycles. The second-order valence-corrected chi connectivity index (χ2v) is 6.56. The predicted octanol–water partition coefficient (Wildman–Crippen LogP) is 2.00. The van der Waals surface area contributed by atoms with E-state index in [-0.39, 0.29) is 6.04 Å². The van der Waals surface area contributed by atoms with E-state index in [1.807, 2.05) is 0 Å². The van der Waals surface area contributed by atoms with Crippen molar-refractivity contribution in [3.8, 4) is 0 Å². The molecule has 1 atom stereocenters. The molecule has 0 bridgehead atoms. The van der Waals surface area contributed by atoms with Gasteiger partial charge in [0.2, 0.25) is 0 Å². The number of nitrogens with one attached hydrogen (secondary N) is 2. The van der Waals surface area contributed by atoms with Crippen molar-refractivity contribution in [2.75, 3.05) is 25.0 Å². The minimum absolute atomic E-state index is 0.223. The highest BCUT2D eigenvalue weighted by atomic mass is 19.2. The first-order valence-corrected chi connectivity index (χ1v) is 8.90. The van der Waals surface area contributed by atoms with Crippen LogP contribution in [0.4, 0.5) is 14.6 Å². The first kappa shape index (κ1) is 19.8.